The molecule has 1 heterocycles. The van der Waals surface area contributed by atoms with Crippen molar-refractivity contribution in [2.75, 3.05) is 5.32 Å². The molecule has 0 saturated carbocycles. The Morgan fingerprint density at radius 3 is 2.00 bits per heavy atom. The fourth-order valence-electron chi connectivity index (χ4n) is 4.50. The third-order valence-corrected chi connectivity index (χ3v) is 10.0. The number of rotatable bonds is 8. The van der Waals surface area contributed by atoms with E-state index in [0.29, 0.717) is 18.2 Å². The van der Waals surface area contributed by atoms with Gasteiger partial charge in [0.25, 0.3) is 40.5 Å². The summed E-state index contributed by atoms with van der Waals surface area (Å²) in [5.74, 6) is -1.76. The van der Waals surface area contributed by atoms with Crippen molar-refractivity contribution in [3.8, 4) is 5.75 Å². The number of phenols is 1. The number of nitrogens with one attached hydrogen (secondary N) is 2. The summed E-state index contributed by atoms with van der Waals surface area (Å²) in [6.45, 7) is 0. The molecular formula is C23H15ClN6O14S4. The highest BCUT2D eigenvalue weighted by Crippen LogP contribution is 2.46. The first kappa shape index (κ1) is 34.7. The number of phenolic OH excluding ortho intramolecular Hbond substituents is 1. The lowest BCUT2D eigenvalue weighted by atomic mass is 10.1. The van der Waals surface area contributed by atoms with E-state index in [9.17, 15) is 61.8 Å². The van der Waals surface area contributed by atoms with Gasteiger partial charge in [-0.2, -0.15) is 43.6 Å². The maximum absolute atomic E-state index is 12.4. The van der Waals surface area contributed by atoms with Gasteiger partial charge in [0.05, 0.1) is 10.6 Å². The van der Waals surface area contributed by atoms with Crippen LogP contribution < -0.4 is 11.0 Å². The summed E-state index contributed by atoms with van der Waals surface area (Å²) in [6.07, 6.45) is 0. The summed E-state index contributed by atoms with van der Waals surface area (Å²) in [7, 11) is -20.6. The molecule has 0 aliphatic rings. The molecule has 7 N–H and O–H groups in total. The summed E-state index contributed by atoms with van der Waals surface area (Å²) >= 11 is 5.72. The van der Waals surface area contributed by atoms with Gasteiger partial charge in [0.1, 0.15) is 26.1 Å². The molecule has 0 fully saturated rings. The van der Waals surface area contributed by atoms with Gasteiger partial charge in [0.15, 0.2) is 5.75 Å². The van der Waals surface area contributed by atoms with Crippen molar-refractivity contribution in [1.82, 2.24) is 15.0 Å². The Kier molecular flexibility index (Phi) is 8.52. The molecule has 25 heteroatoms. The minimum Gasteiger partial charge on any atom is -0.505 e. The summed E-state index contributed by atoms with van der Waals surface area (Å²) in [5, 5.41) is 18.5. The van der Waals surface area contributed by atoms with E-state index in [2.05, 4.69) is 25.5 Å². The van der Waals surface area contributed by atoms with Crippen molar-refractivity contribution in [2.45, 2.75) is 19.6 Å². The van der Waals surface area contributed by atoms with E-state index >= 15 is 0 Å². The fraction of sp³-hybridized carbons (Fsp3) is 0. The van der Waals surface area contributed by atoms with E-state index in [4.69, 9.17) is 11.6 Å². The van der Waals surface area contributed by atoms with Crippen molar-refractivity contribution >= 4 is 96.6 Å². The Labute approximate surface area is 272 Å². The van der Waals surface area contributed by atoms with E-state index in [1.54, 1.807) is 0 Å². The topological polar surface area (TPSA) is 333 Å². The van der Waals surface area contributed by atoms with E-state index in [1.807, 2.05) is 4.98 Å². The molecule has 0 unspecified atom stereocenters. The van der Waals surface area contributed by atoms with E-state index in [1.165, 1.54) is 0 Å². The fourth-order valence-corrected chi connectivity index (χ4v) is 7.40. The minimum absolute atomic E-state index is 0.383. The van der Waals surface area contributed by atoms with Gasteiger partial charge in [-0.1, -0.05) is 18.2 Å². The van der Waals surface area contributed by atoms with Crippen LogP contribution in [-0.4, -0.2) is 71.9 Å². The maximum Gasteiger partial charge on any atom is 0.350 e. The van der Waals surface area contributed by atoms with Crippen LogP contribution in [0.3, 0.4) is 0 Å². The molecule has 0 amide bonds. The number of hydrogen-bond acceptors (Lipinski definition) is 15. The van der Waals surface area contributed by atoms with E-state index < -0.39 is 116 Å². The molecule has 4 aromatic carbocycles. The number of halogens is 1. The summed E-state index contributed by atoms with van der Waals surface area (Å²) in [6, 6.07) is 6.76. The number of azo groups is 1. The maximum atomic E-state index is 12.4. The van der Waals surface area contributed by atoms with Crippen LogP contribution >= 0.6 is 11.6 Å². The molecule has 48 heavy (non-hydrogen) atoms. The van der Waals surface area contributed by atoms with Gasteiger partial charge in [-0.15, -0.1) is 10.2 Å². The predicted molar refractivity (Wildman–Crippen MR) is 164 cm³/mol. The van der Waals surface area contributed by atoms with Gasteiger partial charge in [-0.3, -0.25) is 23.2 Å². The number of fused-ring (bicyclic) bond motifs is 2. The van der Waals surface area contributed by atoms with E-state index in [0.717, 1.165) is 30.3 Å². The molecule has 5 rings (SSSR count). The molecule has 0 atom stereocenters. The Morgan fingerprint density at radius 2 is 1.42 bits per heavy atom. The van der Waals surface area contributed by atoms with Crippen LogP contribution in [0.2, 0.25) is 5.28 Å². The molecular weight excluding hydrogens is 748 g/mol. The summed E-state index contributed by atoms with van der Waals surface area (Å²) in [5.41, 5.74) is -3.40. The van der Waals surface area contributed by atoms with Gasteiger partial charge < -0.3 is 10.4 Å². The highest BCUT2D eigenvalue weighted by atomic mass is 35.5. The van der Waals surface area contributed by atoms with Crippen LogP contribution in [0.15, 0.2) is 83.1 Å². The van der Waals surface area contributed by atoms with Crippen LogP contribution in [0.1, 0.15) is 0 Å². The Hall–Kier alpha value is -4.66. The molecule has 0 spiro atoms. The van der Waals surface area contributed by atoms with Gasteiger partial charge >= 0.3 is 5.69 Å². The number of H-pyrrole nitrogens is 1. The zero-order valence-corrected chi connectivity index (χ0v) is 26.9. The first-order valence-electron chi connectivity index (χ1n) is 12.2. The SMILES string of the molecule is O=c1nc(Nc2cc(S(=O)(=O)O)cc3cc(S(=O)(=O)O)c(N=Nc4ccc5c(S(=O)(=O)O)cccc5c4S(=O)(=O)O)c(O)c23)nc(Cl)[nH]1. The third-order valence-electron chi connectivity index (χ3n) is 6.31. The second kappa shape index (κ2) is 11.8. The number of aromatic hydroxyl groups is 1. The van der Waals surface area contributed by atoms with Crippen molar-refractivity contribution in [3.63, 3.8) is 0 Å². The first-order valence-corrected chi connectivity index (χ1v) is 18.3. The number of anilines is 2. The molecule has 0 aliphatic carbocycles. The number of benzene rings is 4. The van der Waals surface area contributed by atoms with E-state index in [-0.39, 0.29) is 5.39 Å². The summed E-state index contributed by atoms with van der Waals surface area (Å²) < 4.78 is 137. The predicted octanol–water partition coefficient (Wildman–Crippen LogP) is 2.98. The number of nitrogens with zero attached hydrogens (tertiary/aromatic N) is 4. The normalized spacial score (nSPS) is 13.0. The van der Waals surface area contributed by atoms with Crippen molar-refractivity contribution < 1.29 is 57.0 Å². The summed E-state index contributed by atoms with van der Waals surface area (Å²) in [4.78, 5) is 17.0. The van der Waals surface area contributed by atoms with Gasteiger partial charge in [0, 0.05) is 16.2 Å². The molecule has 20 nitrogen and oxygen atoms in total. The van der Waals surface area contributed by atoms with Crippen LogP contribution in [0, 0.1) is 0 Å². The van der Waals surface area contributed by atoms with Crippen LogP contribution in [0.5, 0.6) is 5.75 Å². The van der Waals surface area contributed by atoms with Crippen molar-refractivity contribution in [3.05, 3.63) is 64.3 Å². The van der Waals surface area contributed by atoms with Crippen molar-refractivity contribution in [1.29, 1.82) is 0 Å². The van der Waals surface area contributed by atoms with Crippen LogP contribution in [-0.2, 0) is 40.5 Å². The number of aromatic nitrogens is 3. The monoisotopic (exact) mass is 762 g/mol. The zero-order valence-electron chi connectivity index (χ0n) is 22.8. The lowest BCUT2D eigenvalue weighted by Crippen LogP contribution is -2.14. The molecule has 1 aromatic heterocycles. The highest BCUT2D eigenvalue weighted by Gasteiger charge is 2.27. The minimum atomic E-state index is -5.37. The molecule has 0 bridgehead atoms. The highest BCUT2D eigenvalue weighted by molar-refractivity contribution is 7.87. The Bertz CT molecular complexity index is 2750. The zero-order chi connectivity index (χ0) is 35.6. The molecule has 0 radical (unpaired) electrons. The second-order valence-electron chi connectivity index (χ2n) is 9.40. The average molecular weight is 763 g/mol. The Morgan fingerprint density at radius 1 is 0.750 bits per heavy atom. The average Bonchev–Trinajstić information content (AvgIpc) is 2.93. The van der Waals surface area contributed by atoms with Gasteiger partial charge in [0.2, 0.25) is 11.2 Å². The second-order valence-corrected chi connectivity index (χ2v) is 15.3. The number of aromatic amines is 1. The Balaban J connectivity index is 1.84. The van der Waals surface area contributed by atoms with Gasteiger partial charge in [-0.05, 0) is 47.3 Å². The standard InChI is InChI=1S/C23H15ClN6O14S4/c24-21-26-22(28-23(32)27-21)25-14-8-10(45(33,34)35)6-9-7-16(47(39,40)41)18(19(31)17(9)14)30-29-13-5-4-11-12(20(13)48(42,43)44)2-1-3-15(11)46(36,37)38/h1-8,31H,(H,33,34,35)(H,36,37,38)(H,39,40,41)(H,42,43,44)(H2,25,26,27,28,32). The quantitative estimate of drug-likeness (QED) is 0.0882. The smallest absolute Gasteiger partial charge is 0.350 e. The number of hydrogen-bond donors (Lipinski definition) is 7. The lowest BCUT2D eigenvalue weighted by Gasteiger charge is -2.15. The third kappa shape index (κ3) is 6.82. The largest absolute Gasteiger partial charge is 0.505 e. The first-order chi connectivity index (χ1) is 22.1. The van der Waals surface area contributed by atoms with Crippen LogP contribution in [0.25, 0.3) is 21.5 Å². The van der Waals surface area contributed by atoms with Crippen LogP contribution in [0.4, 0.5) is 23.0 Å². The van der Waals surface area contributed by atoms with Crippen molar-refractivity contribution in [2.24, 2.45) is 10.2 Å². The molecule has 252 valence electrons. The van der Waals surface area contributed by atoms with Gasteiger partial charge in [-0.25, -0.2) is 4.79 Å². The lowest BCUT2D eigenvalue weighted by molar-refractivity contribution is 0.472. The molecule has 0 aliphatic heterocycles. The molecule has 5 aromatic rings. The molecule has 0 saturated heterocycles.